The number of carbonyl (C=O) groups is 1. The van der Waals surface area contributed by atoms with Crippen molar-refractivity contribution in [2.45, 2.75) is 26.2 Å². The molecule has 0 spiro atoms. The molecule has 0 saturated heterocycles. The Morgan fingerprint density at radius 3 is 1.40 bits per heavy atom. The molecule has 5 nitrogen and oxygen atoms in total. The van der Waals surface area contributed by atoms with Crippen molar-refractivity contribution in [2.24, 2.45) is 0 Å². The second-order valence-electron chi connectivity index (χ2n) is 17.2. The Morgan fingerprint density at radius 1 is 0.456 bits per heavy atom. The van der Waals surface area contributed by atoms with E-state index in [-0.39, 0.29) is 31.1 Å². The van der Waals surface area contributed by atoms with Gasteiger partial charge in [0.1, 0.15) is 0 Å². The minimum atomic E-state index is -0.930. The van der Waals surface area contributed by atoms with Crippen molar-refractivity contribution in [3.63, 3.8) is 0 Å². The fraction of sp³-hybridized carbons (Fsp3) is 0.0645. The average Bonchev–Trinajstić information content (AvgIpc) is 3.39. The predicted octanol–water partition coefficient (Wildman–Crippen LogP) is 15.5. The van der Waals surface area contributed by atoms with Gasteiger partial charge < -0.3 is 14.9 Å². The maximum Gasteiger partial charge on any atom is 0.247 e. The van der Waals surface area contributed by atoms with Crippen LogP contribution in [0.1, 0.15) is 36.7 Å². The molecule has 3 heterocycles. The predicted molar refractivity (Wildman–Crippen MR) is 273 cm³/mol. The van der Waals surface area contributed by atoms with Gasteiger partial charge in [0.25, 0.3) is 0 Å². The van der Waals surface area contributed by atoms with Crippen LogP contribution in [0, 0.1) is 12.1 Å². The Balaban J connectivity index is 0.000000389. The van der Waals surface area contributed by atoms with E-state index in [0.29, 0.717) is 0 Å². The van der Waals surface area contributed by atoms with E-state index < -0.39 is 5.97 Å². The van der Waals surface area contributed by atoms with Gasteiger partial charge in [-0.05, 0) is 103 Å². The zero-order chi connectivity index (χ0) is 46.2. The summed E-state index contributed by atoms with van der Waals surface area (Å²) in [5.41, 5.74) is 18.8. The van der Waals surface area contributed by atoms with Crippen LogP contribution in [0.2, 0.25) is 0 Å². The number of rotatable bonds is 9. The SMILES string of the molecule is CC(C)(C)c1c[c-]c(C(=O)O)cc1.[Ir].[c-]1ccccc1-c1cc(-c2ccccc2)c(-c2ccccc2-c2cc(-c3ccccc3-c3cccnc3)cc(-c3ccccc3-c3cccnc3)c2)cn1. The van der Waals surface area contributed by atoms with E-state index in [0.717, 1.165) is 94.7 Å². The van der Waals surface area contributed by atoms with Crippen molar-refractivity contribution < 1.29 is 30.0 Å². The van der Waals surface area contributed by atoms with Crippen molar-refractivity contribution in [3.05, 3.63) is 248 Å². The second kappa shape index (κ2) is 21.2. The molecule has 0 aliphatic rings. The number of hydrogen-bond acceptors (Lipinski definition) is 4. The van der Waals surface area contributed by atoms with Crippen LogP contribution in [0.5, 0.6) is 0 Å². The van der Waals surface area contributed by atoms with Crippen LogP contribution >= 0.6 is 0 Å². The molecule has 0 fully saturated rings. The van der Waals surface area contributed by atoms with Gasteiger partial charge in [-0.2, -0.15) is 0 Å². The van der Waals surface area contributed by atoms with Gasteiger partial charge in [-0.1, -0.05) is 148 Å². The van der Waals surface area contributed by atoms with E-state index in [1.54, 1.807) is 12.1 Å². The van der Waals surface area contributed by atoms with Crippen molar-refractivity contribution in [2.75, 3.05) is 0 Å². The fourth-order valence-corrected chi connectivity index (χ4v) is 8.33. The molecule has 0 saturated carbocycles. The first-order valence-corrected chi connectivity index (χ1v) is 22.2. The van der Waals surface area contributed by atoms with Crippen LogP contribution in [0.25, 0.3) is 89.1 Å². The minimum absolute atomic E-state index is 0. The number of pyridine rings is 3. The van der Waals surface area contributed by atoms with Crippen LogP contribution in [0.15, 0.2) is 225 Å². The summed E-state index contributed by atoms with van der Waals surface area (Å²) in [6.07, 6.45) is 9.54. The molecule has 0 atom stereocenters. The second-order valence-corrected chi connectivity index (χ2v) is 17.2. The maximum absolute atomic E-state index is 10.5. The van der Waals surface area contributed by atoms with Crippen LogP contribution in [-0.4, -0.2) is 26.0 Å². The quantitative estimate of drug-likeness (QED) is 0.146. The van der Waals surface area contributed by atoms with Crippen molar-refractivity contribution in [1.29, 1.82) is 0 Å². The van der Waals surface area contributed by atoms with E-state index >= 15 is 0 Å². The third-order valence-corrected chi connectivity index (χ3v) is 11.8. The number of carboxylic acid groups (broad SMARTS) is 1. The molecule has 0 unspecified atom stereocenters. The van der Waals surface area contributed by atoms with Gasteiger partial charge in [0.05, 0.1) is 0 Å². The molecule has 1 radical (unpaired) electrons. The van der Waals surface area contributed by atoms with Gasteiger partial charge in [0, 0.05) is 67.8 Å². The number of hydrogen-bond donors (Lipinski definition) is 1. The Labute approximate surface area is 412 Å². The van der Waals surface area contributed by atoms with E-state index in [9.17, 15) is 4.79 Å². The first-order chi connectivity index (χ1) is 32.7. The summed E-state index contributed by atoms with van der Waals surface area (Å²) in [6, 6.07) is 73.2. The smallest absolute Gasteiger partial charge is 0.247 e. The largest absolute Gasteiger partial charge is 0.521 e. The molecule has 10 aromatic rings. The minimum Gasteiger partial charge on any atom is -0.521 e. The van der Waals surface area contributed by atoms with E-state index in [2.05, 4.69) is 188 Å². The summed E-state index contributed by atoms with van der Waals surface area (Å²) in [6.45, 7) is 6.24. The molecule has 0 amide bonds. The number of aromatic nitrogens is 3. The van der Waals surface area contributed by atoms with Crippen molar-refractivity contribution >= 4 is 5.97 Å². The topological polar surface area (TPSA) is 76.0 Å². The normalized spacial score (nSPS) is 10.9. The molecular formula is C62H47IrN3O2-2. The fourth-order valence-electron chi connectivity index (χ4n) is 8.33. The summed E-state index contributed by atoms with van der Waals surface area (Å²) in [7, 11) is 0. The summed E-state index contributed by atoms with van der Waals surface area (Å²) >= 11 is 0. The molecule has 333 valence electrons. The first-order valence-electron chi connectivity index (χ1n) is 22.2. The zero-order valence-electron chi connectivity index (χ0n) is 37.9. The molecule has 0 aliphatic heterocycles. The van der Waals surface area contributed by atoms with Gasteiger partial charge in [0.2, 0.25) is 5.97 Å². The van der Waals surface area contributed by atoms with Crippen LogP contribution in [0.4, 0.5) is 0 Å². The van der Waals surface area contributed by atoms with Crippen LogP contribution < -0.4 is 0 Å². The van der Waals surface area contributed by atoms with Gasteiger partial charge >= 0.3 is 0 Å². The van der Waals surface area contributed by atoms with Crippen molar-refractivity contribution in [3.8, 4) is 89.1 Å². The van der Waals surface area contributed by atoms with E-state index in [1.807, 2.05) is 67.4 Å². The Bertz CT molecular complexity index is 3180. The van der Waals surface area contributed by atoms with Gasteiger partial charge in [-0.15, -0.1) is 65.7 Å². The number of carboxylic acids is 1. The van der Waals surface area contributed by atoms with Gasteiger partial charge in [-0.25, -0.2) is 0 Å². The summed E-state index contributed by atoms with van der Waals surface area (Å²) in [5, 5.41) is 8.65. The number of nitrogens with zero attached hydrogens (tertiary/aromatic N) is 3. The van der Waals surface area contributed by atoms with Crippen LogP contribution in [0.3, 0.4) is 0 Å². The number of benzene rings is 7. The van der Waals surface area contributed by atoms with Crippen molar-refractivity contribution in [1.82, 2.24) is 15.0 Å². The molecule has 10 rings (SSSR count). The zero-order valence-corrected chi connectivity index (χ0v) is 40.3. The number of aromatic carboxylic acids is 1. The molecule has 0 bridgehead atoms. The monoisotopic (exact) mass is 1060 g/mol. The summed E-state index contributed by atoms with van der Waals surface area (Å²) in [5.74, 6) is -0.930. The average molecular weight is 1060 g/mol. The summed E-state index contributed by atoms with van der Waals surface area (Å²) in [4.78, 5) is 24.5. The Morgan fingerprint density at radius 2 is 0.941 bits per heavy atom. The first kappa shape index (κ1) is 46.6. The molecule has 0 aliphatic carbocycles. The Hall–Kier alpha value is -7.89. The Kier molecular flexibility index (Phi) is 14.5. The molecule has 1 N–H and O–H groups in total. The van der Waals surface area contributed by atoms with E-state index in [1.165, 1.54) is 0 Å². The van der Waals surface area contributed by atoms with Gasteiger partial charge in [0.15, 0.2) is 0 Å². The third kappa shape index (κ3) is 10.5. The molecule has 7 aromatic carbocycles. The summed E-state index contributed by atoms with van der Waals surface area (Å²) < 4.78 is 0. The standard InChI is InChI=1S/C51H34N3.C11H13O2.Ir/c1-3-15-36(16-4-1)49-32-51(37-17-5-2-6-18-37)54-35-50(49)48-26-12-11-25-47(48)42-30-40(45-23-9-7-21-43(45)38-19-13-27-52-33-38)29-41(31-42)46-24-10-8-22-44(46)39-20-14-28-53-34-39;1-11(2,3)9-6-4-8(5-7-9)10(12)13;/h1-17,19-35H;4,6-7H,1-3H3,(H,12,13);/q2*-1;. The molecule has 3 aromatic heterocycles. The third-order valence-electron chi connectivity index (χ3n) is 11.8. The molecular weight excluding hydrogens is 1010 g/mol. The molecule has 68 heavy (non-hydrogen) atoms. The maximum atomic E-state index is 10.5. The van der Waals surface area contributed by atoms with Crippen LogP contribution in [-0.2, 0) is 25.5 Å². The van der Waals surface area contributed by atoms with Gasteiger partial charge in [-0.3, -0.25) is 9.97 Å². The molecule has 6 heteroatoms. The van der Waals surface area contributed by atoms with E-state index in [4.69, 9.17) is 10.1 Å².